The van der Waals surface area contributed by atoms with E-state index < -0.39 is 0 Å². The minimum Gasteiger partial charge on any atom is -0.493 e. The molecule has 0 spiro atoms. The zero-order valence-electron chi connectivity index (χ0n) is 19.1. The fourth-order valence-electron chi connectivity index (χ4n) is 4.55. The van der Waals surface area contributed by atoms with Gasteiger partial charge in [-0.2, -0.15) is 0 Å². The van der Waals surface area contributed by atoms with Crippen molar-refractivity contribution in [2.75, 3.05) is 25.6 Å². The predicted octanol–water partition coefficient (Wildman–Crippen LogP) is 4.71. The van der Waals surface area contributed by atoms with Crippen molar-refractivity contribution < 1.29 is 19.0 Å². The quantitative estimate of drug-likeness (QED) is 0.451. The van der Waals surface area contributed by atoms with Crippen molar-refractivity contribution >= 4 is 28.9 Å². The van der Waals surface area contributed by atoms with Gasteiger partial charge in [-0.1, -0.05) is 17.7 Å². The highest BCUT2D eigenvalue weighted by Crippen LogP contribution is 2.43. The molecule has 8 nitrogen and oxygen atoms in total. The molecule has 0 radical (unpaired) electrons. The number of hydrogen-bond donors (Lipinski definition) is 3. The topological polar surface area (TPSA) is 97.5 Å². The highest BCUT2D eigenvalue weighted by atomic mass is 35.5. The summed E-state index contributed by atoms with van der Waals surface area (Å²) in [4.78, 5) is 20.8. The van der Waals surface area contributed by atoms with E-state index in [0.29, 0.717) is 46.5 Å². The van der Waals surface area contributed by atoms with E-state index in [1.165, 1.54) is 0 Å². The lowest BCUT2D eigenvalue weighted by molar-refractivity contribution is 0.0680. The van der Waals surface area contributed by atoms with Crippen molar-refractivity contribution in [2.45, 2.75) is 38.3 Å². The maximum atomic E-state index is 13.1. The molecule has 34 heavy (non-hydrogen) atoms. The van der Waals surface area contributed by atoms with E-state index in [-0.39, 0.29) is 18.1 Å². The smallest absolute Gasteiger partial charge is 0.255 e. The lowest BCUT2D eigenvalue weighted by atomic mass is 10.0. The zero-order chi connectivity index (χ0) is 23.7. The average Bonchev–Trinajstić information content (AvgIpc) is 3.46. The molecular formula is C25H27ClN4O4. The van der Waals surface area contributed by atoms with E-state index in [2.05, 4.69) is 20.6 Å². The van der Waals surface area contributed by atoms with Gasteiger partial charge in [-0.3, -0.25) is 9.78 Å². The first-order valence-electron chi connectivity index (χ1n) is 11.4. The van der Waals surface area contributed by atoms with Crippen LogP contribution in [0, 0.1) is 0 Å². The minimum atomic E-state index is -0.143. The number of hydrogen-bond acceptors (Lipinski definition) is 6. The summed E-state index contributed by atoms with van der Waals surface area (Å²) < 4.78 is 17.4. The van der Waals surface area contributed by atoms with Crippen LogP contribution < -0.4 is 20.1 Å². The number of pyridine rings is 1. The molecular weight excluding hydrogens is 456 g/mol. The molecule has 1 unspecified atom stereocenters. The maximum absolute atomic E-state index is 13.1. The number of fused-ring (bicyclic) bond motifs is 1. The average molecular weight is 483 g/mol. The molecule has 9 heteroatoms. The number of carbonyl (C=O) groups excluding carboxylic acids is 1. The molecule has 3 N–H and O–H groups in total. The standard InChI is InChI=1S/C25H27ClN4O4/c1-14-11-19-21(25(31)28-14)23(29-18-7-3-6-17(26)24(18)32-2)22(30-19)16-8-9-27-12-20(16)34-13-15-5-4-10-33-15/h3,6-9,12,14-15,29-30H,4-5,10-11,13H2,1-2H3,(H,28,31)/t14?,15-/m0/s1. The number of halogens is 1. The Morgan fingerprint density at radius 3 is 3.00 bits per heavy atom. The number of benzene rings is 1. The Kier molecular flexibility index (Phi) is 6.34. The van der Waals surface area contributed by atoms with Gasteiger partial charge < -0.3 is 29.8 Å². The largest absolute Gasteiger partial charge is 0.493 e. The van der Waals surface area contributed by atoms with Gasteiger partial charge in [-0.25, -0.2) is 0 Å². The van der Waals surface area contributed by atoms with Crippen LogP contribution in [0.1, 0.15) is 35.8 Å². The van der Waals surface area contributed by atoms with Crippen molar-refractivity contribution in [3.63, 3.8) is 0 Å². The second kappa shape index (κ2) is 9.56. The van der Waals surface area contributed by atoms with Gasteiger partial charge in [0.1, 0.15) is 12.4 Å². The van der Waals surface area contributed by atoms with Crippen molar-refractivity contribution in [1.29, 1.82) is 0 Å². The Morgan fingerprint density at radius 1 is 1.32 bits per heavy atom. The summed E-state index contributed by atoms with van der Waals surface area (Å²) in [5.41, 5.74) is 4.24. The van der Waals surface area contributed by atoms with Crippen molar-refractivity contribution in [3.05, 3.63) is 52.9 Å². The van der Waals surface area contributed by atoms with Gasteiger partial charge in [-0.05, 0) is 38.0 Å². The molecule has 5 rings (SSSR count). The van der Waals surface area contributed by atoms with Gasteiger partial charge in [0.05, 0.1) is 47.1 Å². The van der Waals surface area contributed by atoms with Gasteiger partial charge >= 0.3 is 0 Å². The molecule has 1 fully saturated rings. The van der Waals surface area contributed by atoms with E-state index in [0.717, 1.165) is 36.4 Å². The first kappa shape index (κ1) is 22.6. The molecule has 0 bridgehead atoms. The number of H-pyrrole nitrogens is 1. The number of rotatable bonds is 7. The monoisotopic (exact) mass is 482 g/mol. The first-order chi connectivity index (χ1) is 16.5. The van der Waals surface area contributed by atoms with Crippen LogP contribution in [0.15, 0.2) is 36.7 Å². The number of aromatic amines is 1. The third-order valence-corrected chi connectivity index (χ3v) is 6.42. The summed E-state index contributed by atoms with van der Waals surface area (Å²) in [6.07, 6.45) is 6.17. The fraction of sp³-hybridized carbons (Fsp3) is 0.360. The van der Waals surface area contributed by atoms with Crippen LogP contribution in [-0.4, -0.2) is 48.3 Å². The van der Waals surface area contributed by atoms with Crippen LogP contribution in [0.2, 0.25) is 5.02 Å². The number of aromatic nitrogens is 2. The maximum Gasteiger partial charge on any atom is 0.255 e. The molecule has 1 saturated heterocycles. The summed E-state index contributed by atoms with van der Waals surface area (Å²) in [7, 11) is 1.56. The number of ether oxygens (including phenoxy) is 3. The molecule has 2 atom stereocenters. The van der Waals surface area contributed by atoms with Gasteiger partial charge in [-0.15, -0.1) is 0 Å². The number of nitrogens with one attached hydrogen (secondary N) is 3. The summed E-state index contributed by atoms with van der Waals surface area (Å²) >= 11 is 6.35. The van der Waals surface area contributed by atoms with Crippen LogP contribution in [0.4, 0.5) is 11.4 Å². The van der Waals surface area contributed by atoms with Crippen molar-refractivity contribution in [1.82, 2.24) is 15.3 Å². The molecule has 3 aromatic rings. The zero-order valence-corrected chi connectivity index (χ0v) is 19.9. The second-order valence-electron chi connectivity index (χ2n) is 8.57. The first-order valence-corrected chi connectivity index (χ1v) is 11.8. The second-order valence-corrected chi connectivity index (χ2v) is 8.98. The SMILES string of the molecule is COc1c(Cl)cccc1Nc1c(-c2ccncc2OC[C@@H]2CCCO2)[nH]c2c1C(=O)NC(C)C2. The molecule has 2 aliphatic heterocycles. The summed E-state index contributed by atoms with van der Waals surface area (Å²) in [6, 6.07) is 7.35. The third-order valence-electron chi connectivity index (χ3n) is 6.13. The van der Waals surface area contributed by atoms with Crippen LogP contribution in [0.3, 0.4) is 0 Å². The van der Waals surface area contributed by atoms with E-state index >= 15 is 0 Å². The number of carbonyl (C=O) groups is 1. The number of nitrogens with zero attached hydrogens (tertiary/aromatic N) is 1. The Hall–Kier alpha value is -3.23. The Bertz CT molecular complexity index is 1210. The molecule has 0 aliphatic carbocycles. The normalized spacial score (nSPS) is 19.4. The molecule has 0 saturated carbocycles. The van der Waals surface area contributed by atoms with Crippen molar-refractivity contribution in [3.8, 4) is 22.8 Å². The minimum absolute atomic E-state index is 0.0210. The Labute approximate surface area is 203 Å². The highest BCUT2D eigenvalue weighted by molar-refractivity contribution is 6.32. The summed E-state index contributed by atoms with van der Waals surface area (Å²) in [5, 5.41) is 6.91. The van der Waals surface area contributed by atoms with Crippen LogP contribution in [0.25, 0.3) is 11.3 Å². The van der Waals surface area contributed by atoms with E-state index in [1.54, 1.807) is 25.6 Å². The summed E-state index contributed by atoms with van der Waals surface area (Å²) in [6.45, 7) is 3.19. The molecule has 1 amide bonds. The molecule has 1 aromatic carbocycles. The molecule has 178 valence electrons. The molecule has 2 aromatic heterocycles. The number of methoxy groups -OCH3 is 1. The van der Waals surface area contributed by atoms with Crippen LogP contribution in [-0.2, 0) is 11.2 Å². The summed E-state index contributed by atoms with van der Waals surface area (Å²) in [5.74, 6) is 0.973. The van der Waals surface area contributed by atoms with E-state index in [9.17, 15) is 4.79 Å². The molecule has 4 heterocycles. The van der Waals surface area contributed by atoms with Gasteiger partial charge in [0.25, 0.3) is 5.91 Å². The van der Waals surface area contributed by atoms with E-state index in [1.807, 2.05) is 25.1 Å². The van der Waals surface area contributed by atoms with Crippen LogP contribution >= 0.6 is 11.6 Å². The predicted molar refractivity (Wildman–Crippen MR) is 130 cm³/mol. The Morgan fingerprint density at radius 2 is 2.21 bits per heavy atom. The van der Waals surface area contributed by atoms with Gasteiger partial charge in [0, 0.05) is 36.5 Å². The number of anilines is 2. The number of amides is 1. The van der Waals surface area contributed by atoms with Gasteiger partial charge in [0.15, 0.2) is 5.75 Å². The Balaban J connectivity index is 1.59. The lowest BCUT2D eigenvalue weighted by Crippen LogP contribution is -2.39. The van der Waals surface area contributed by atoms with Gasteiger partial charge in [0.2, 0.25) is 0 Å². The number of para-hydroxylation sites is 1. The van der Waals surface area contributed by atoms with Crippen LogP contribution in [0.5, 0.6) is 11.5 Å². The lowest BCUT2D eigenvalue weighted by Gasteiger charge is -2.21. The fourth-order valence-corrected chi connectivity index (χ4v) is 4.80. The molecule has 2 aliphatic rings. The van der Waals surface area contributed by atoms with Crippen molar-refractivity contribution in [2.24, 2.45) is 0 Å². The third kappa shape index (κ3) is 4.31. The highest BCUT2D eigenvalue weighted by Gasteiger charge is 2.31. The van der Waals surface area contributed by atoms with E-state index in [4.69, 9.17) is 25.8 Å².